The van der Waals surface area contributed by atoms with E-state index >= 15 is 0 Å². The number of likely N-dealkylation sites (N-methyl/N-ethyl adjacent to an activating group) is 2. The molecule has 0 saturated carbocycles. The molecule has 0 aromatic heterocycles. The number of hydrogen-bond donors (Lipinski definition) is 3. The van der Waals surface area contributed by atoms with Gasteiger partial charge in [0.15, 0.2) is 6.29 Å². The Balaban J connectivity index is 2.17. The molecule has 10 heteroatoms. The van der Waals surface area contributed by atoms with Crippen LogP contribution in [0.4, 0.5) is 5.69 Å². The maximum Gasteiger partial charge on any atom is 0.237 e. The number of amides is 1. The Bertz CT molecular complexity index is 1030. The van der Waals surface area contributed by atoms with Crippen LogP contribution in [0.1, 0.15) is 28.8 Å². The van der Waals surface area contributed by atoms with E-state index in [0.717, 1.165) is 12.6 Å². The number of nitrogens with two attached hydrogens (primary N) is 2. The highest BCUT2D eigenvalue weighted by molar-refractivity contribution is 5.82. The lowest BCUT2D eigenvalue weighted by Gasteiger charge is -2.27. The lowest BCUT2D eigenvalue weighted by molar-refractivity contribution is -0.126. The minimum Gasteiger partial charge on any atom is -0.497 e. The topological polar surface area (TPSA) is 140 Å². The Morgan fingerprint density at radius 3 is 2.49 bits per heavy atom. The molecule has 0 aliphatic carbocycles. The molecule has 0 radical (unpaired) electrons. The fourth-order valence-electron chi connectivity index (χ4n) is 3.51. The van der Waals surface area contributed by atoms with Crippen LogP contribution in [0.2, 0.25) is 0 Å². The number of carbonyl (C=O) groups is 3. The van der Waals surface area contributed by atoms with Gasteiger partial charge < -0.3 is 25.3 Å². The number of nitrogens with zero attached hydrogens (tertiary/aromatic N) is 2. The number of methoxy groups -OCH3 is 1. The number of hydrogen-bond acceptors (Lipinski definition) is 9. The fourth-order valence-corrected chi connectivity index (χ4v) is 3.51. The molecule has 1 amide bonds. The van der Waals surface area contributed by atoms with Gasteiger partial charge >= 0.3 is 0 Å². The highest BCUT2D eigenvalue weighted by atomic mass is 16.5. The third kappa shape index (κ3) is 7.83. The number of aldehydes is 2. The molecule has 0 saturated heterocycles. The smallest absolute Gasteiger partial charge is 0.237 e. The SMILES string of the molecule is CNC(=O)C(CCC=O)N(C)Cc1c(C=O)cccc1OC/C(N)=C/N(N)c1ccc(OC)cc1. The second kappa shape index (κ2) is 13.7. The van der Waals surface area contributed by atoms with Crippen LogP contribution in [0.15, 0.2) is 54.4 Å². The maximum absolute atomic E-state index is 12.3. The van der Waals surface area contributed by atoms with Gasteiger partial charge in [0.05, 0.1) is 24.5 Å². The van der Waals surface area contributed by atoms with E-state index in [1.807, 2.05) is 0 Å². The van der Waals surface area contributed by atoms with Crippen molar-refractivity contribution in [3.63, 3.8) is 0 Å². The van der Waals surface area contributed by atoms with E-state index in [1.165, 1.54) is 11.2 Å². The molecule has 5 N–H and O–H groups in total. The Morgan fingerprint density at radius 1 is 1.17 bits per heavy atom. The monoisotopic (exact) mass is 483 g/mol. The zero-order chi connectivity index (χ0) is 25.8. The van der Waals surface area contributed by atoms with Crippen molar-refractivity contribution < 1.29 is 23.9 Å². The molecule has 0 bridgehead atoms. The van der Waals surface area contributed by atoms with E-state index < -0.39 is 6.04 Å². The fraction of sp³-hybridized carbons (Fsp3) is 0.320. The maximum atomic E-state index is 12.3. The van der Waals surface area contributed by atoms with Crippen LogP contribution < -0.4 is 31.4 Å². The molecule has 1 atom stereocenters. The zero-order valence-corrected chi connectivity index (χ0v) is 20.3. The van der Waals surface area contributed by atoms with E-state index in [4.69, 9.17) is 21.1 Å². The molecule has 35 heavy (non-hydrogen) atoms. The molecule has 2 aromatic rings. The summed E-state index contributed by atoms with van der Waals surface area (Å²) in [5.41, 5.74) is 8.22. The highest BCUT2D eigenvalue weighted by Gasteiger charge is 2.24. The molecule has 0 fully saturated rings. The van der Waals surface area contributed by atoms with Gasteiger partial charge in [-0.3, -0.25) is 19.5 Å². The van der Waals surface area contributed by atoms with Crippen LogP contribution in [-0.2, 0) is 16.1 Å². The van der Waals surface area contributed by atoms with Gasteiger partial charge in [-0.25, -0.2) is 5.84 Å². The number of benzene rings is 2. The van der Waals surface area contributed by atoms with Crippen LogP contribution in [0.5, 0.6) is 11.5 Å². The predicted molar refractivity (Wildman–Crippen MR) is 134 cm³/mol. The summed E-state index contributed by atoms with van der Waals surface area (Å²) in [6, 6.07) is 11.7. The van der Waals surface area contributed by atoms with E-state index in [1.54, 1.807) is 68.6 Å². The molecular formula is C25H33N5O5. The predicted octanol–water partition coefficient (Wildman–Crippen LogP) is 1.59. The molecule has 2 aromatic carbocycles. The van der Waals surface area contributed by atoms with E-state index in [-0.39, 0.29) is 25.5 Å². The summed E-state index contributed by atoms with van der Waals surface area (Å²) < 4.78 is 11.1. The third-order valence-electron chi connectivity index (χ3n) is 5.41. The molecule has 0 heterocycles. The minimum absolute atomic E-state index is 0.0207. The van der Waals surface area contributed by atoms with Crippen LogP contribution in [-0.4, -0.2) is 57.2 Å². The normalized spacial score (nSPS) is 12.1. The summed E-state index contributed by atoms with van der Waals surface area (Å²) in [6.07, 6.45) is 3.65. The van der Waals surface area contributed by atoms with Crippen molar-refractivity contribution >= 4 is 24.2 Å². The first-order valence-electron chi connectivity index (χ1n) is 11.0. The van der Waals surface area contributed by atoms with Crippen molar-refractivity contribution in [2.45, 2.75) is 25.4 Å². The van der Waals surface area contributed by atoms with Gasteiger partial charge in [-0.05, 0) is 43.8 Å². The minimum atomic E-state index is -0.544. The lowest BCUT2D eigenvalue weighted by atomic mass is 10.0. The average molecular weight is 484 g/mol. The number of rotatable bonds is 14. The van der Waals surface area contributed by atoms with Crippen molar-refractivity contribution in [1.82, 2.24) is 10.2 Å². The van der Waals surface area contributed by atoms with E-state index in [9.17, 15) is 14.4 Å². The van der Waals surface area contributed by atoms with Crippen LogP contribution in [0.3, 0.4) is 0 Å². The average Bonchev–Trinajstić information content (AvgIpc) is 2.87. The zero-order valence-electron chi connectivity index (χ0n) is 20.3. The standard InChI is InChI=1S/C25H33N5O5/c1-28-25(33)23(7-5-13-31)29(2)15-22-18(16-32)6-4-8-24(22)35-17-19(26)14-30(27)20-9-11-21(34-3)12-10-20/h4,6,8-14,16,23H,5,7,15,17,26-27H2,1-3H3,(H,28,33)/b19-14-. The van der Waals surface area contributed by atoms with Crippen LogP contribution in [0.25, 0.3) is 0 Å². The number of ether oxygens (including phenoxy) is 2. The van der Waals surface area contributed by atoms with Gasteiger partial charge in [-0.1, -0.05) is 12.1 Å². The largest absolute Gasteiger partial charge is 0.497 e. The summed E-state index contributed by atoms with van der Waals surface area (Å²) in [6.45, 7) is 0.270. The first-order chi connectivity index (χ1) is 16.8. The number of anilines is 1. The second-order valence-corrected chi connectivity index (χ2v) is 7.83. The van der Waals surface area contributed by atoms with Crippen molar-refractivity contribution in [3.8, 4) is 11.5 Å². The summed E-state index contributed by atoms with van der Waals surface area (Å²) in [4.78, 5) is 36.7. The molecule has 0 spiro atoms. The van der Waals surface area contributed by atoms with Crippen molar-refractivity contribution in [2.75, 3.05) is 32.8 Å². The molecule has 2 rings (SSSR count). The quantitative estimate of drug-likeness (QED) is 0.208. The first-order valence-corrected chi connectivity index (χ1v) is 11.0. The summed E-state index contributed by atoms with van der Waals surface area (Å²) in [5.74, 6) is 7.03. The van der Waals surface area contributed by atoms with Gasteiger partial charge in [0, 0.05) is 37.3 Å². The van der Waals surface area contributed by atoms with Gasteiger partial charge in [0.25, 0.3) is 0 Å². The Labute approximate surface area is 205 Å². The van der Waals surface area contributed by atoms with Gasteiger partial charge in [-0.15, -0.1) is 0 Å². The highest BCUT2D eigenvalue weighted by Crippen LogP contribution is 2.25. The van der Waals surface area contributed by atoms with E-state index in [2.05, 4.69) is 5.32 Å². The van der Waals surface area contributed by atoms with Gasteiger partial charge in [0.2, 0.25) is 5.91 Å². The Morgan fingerprint density at radius 2 is 1.89 bits per heavy atom. The first kappa shape index (κ1) is 27.4. The lowest BCUT2D eigenvalue weighted by Crippen LogP contribution is -2.43. The molecule has 10 nitrogen and oxygen atoms in total. The third-order valence-corrected chi connectivity index (χ3v) is 5.41. The van der Waals surface area contributed by atoms with Crippen LogP contribution >= 0.6 is 0 Å². The van der Waals surface area contributed by atoms with Gasteiger partial charge in [-0.2, -0.15) is 0 Å². The number of carbonyl (C=O) groups excluding carboxylic acids is 3. The molecule has 1 unspecified atom stereocenters. The van der Waals surface area contributed by atoms with Crippen molar-refractivity contribution in [1.29, 1.82) is 0 Å². The van der Waals surface area contributed by atoms with Crippen molar-refractivity contribution in [2.24, 2.45) is 11.6 Å². The van der Waals surface area contributed by atoms with E-state index in [0.29, 0.717) is 40.4 Å². The second-order valence-electron chi connectivity index (χ2n) is 7.83. The summed E-state index contributed by atoms with van der Waals surface area (Å²) >= 11 is 0. The molecule has 0 aliphatic rings. The van der Waals surface area contributed by atoms with Gasteiger partial charge in [0.1, 0.15) is 24.4 Å². The number of nitrogens with one attached hydrogen (secondary N) is 1. The Hall–Kier alpha value is -3.89. The summed E-state index contributed by atoms with van der Waals surface area (Å²) in [5, 5.41) is 3.99. The Kier molecular flexibility index (Phi) is 10.7. The molecular weight excluding hydrogens is 450 g/mol. The van der Waals surface area contributed by atoms with Crippen LogP contribution in [0, 0.1) is 0 Å². The summed E-state index contributed by atoms with van der Waals surface area (Å²) in [7, 11) is 4.88. The van der Waals surface area contributed by atoms with Crippen molar-refractivity contribution in [3.05, 3.63) is 65.5 Å². The number of hydrazine groups is 1. The molecule has 188 valence electrons. The molecule has 0 aliphatic heterocycles.